The molecule has 3 heteroatoms. The maximum Gasteiger partial charge on any atom is 0.0570 e. The molecule has 0 aromatic carbocycles. The molecule has 12 heavy (non-hydrogen) atoms. The van der Waals surface area contributed by atoms with Crippen LogP contribution >= 0.6 is 22.6 Å². The minimum absolute atomic E-state index is 0.00652. The number of fused-ring (bicyclic) bond motifs is 2. The Kier molecular flexibility index (Phi) is 2.92. The molecule has 0 aliphatic carbocycles. The van der Waals surface area contributed by atoms with Crippen LogP contribution in [0.15, 0.2) is 0 Å². The number of halogens is 1. The molecule has 70 valence electrons. The Balaban J connectivity index is 1.99. The summed E-state index contributed by atoms with van der Waals surface area (Å²) in [5, 5.41) is 9.55. The molecule has 2 fully saturated rings. The fourth-order valence-electron chi connectivity index (χ4n) is 2.71. The van der Waals surface area contributed by atoms with Crippen molar-refractivity contribution in [1.29, 1.82) is 0 Å². The first kappa shape index (κ1) is 9.21. The van der Waals surface area contributed by atoms with E-state index in [-0.39, 0.29) is 6.10 Å². The molecule has 0 saturated carbocycles. The van der Waals surface area contributed by atoms with Crippen molar-refractivity contribution in [2.75, 3.05) is 11.0 Å². The molecule has 2 aliphatic rings. The summed E-state index contributed by atoms with van der Waals surface area (Å²) >= 11 is 2.44. The van der Waals surface area contributed by atoms with E-state index in [4.69, 9.17) is 0 Å². The largest absolute Gasteiger partial charge is 0.393 e. The van der Waals surface area contributed by atoms with E-state index in [1.807, 2.05) is 0 Å². The summed E-state index contributed by atoms with van der Waals surface area (Å²) in [5.74, 6) is 0. The molecule has 2 saturated heterocycles. The molecular weight excluding hydrogens is 265 g/mol. The van der Waals surface area contributed by atoms with Gasteiger partial charge in [-0.05, 0) is 25.7 Å². The third-order valence-corrected chi connectivity index (χ3v) is 3.68. The van der Waals surface area contributed by atoms with Crippen molar-refractivity contribution in [3.05, 3.63) is 0 Å². The first-order valence-electron chi connectivity index (χ1n) is 4.81. The van der Waals surface area contributed by atoms with Gasteiger partial charge in [-0.25, -0.2) is 0 Å². The maximum atomic E-state index is 9.55. The lowest BCUT2D eigenvalue weighted by atomic mass is 10.0. The van der Waals surface area contributed by atoms with Crippen LogP contribution in [0, 0.1) is 0 Å². The molecule has 0 amide bonds. The van der Waals surface area contributed by atoms with Crippen molar-refractivity contribution in [2.24, 2.45) is 0 Å². The number of alkyl halides is 1. The van der Waals surface area contributed by atoms with Crippen molar-refractivity contribution in [1.82, 2.24) is 4.90 Å². The van der Waals surface area contributed by atoms with Crippen LogP contribution in [0.25, 0.3) is 0 Å². The molecule has 0 radical (unpaired) electrons. The van der Waals surface area contributed by atoms with Gasteiger partial charge in [-0.3, -0.25) is 4.90 Å². The summed E-state index contributed by atoms with van der Waals surface area (Å²) in [6, 6.07) is 1.40. The Morgan fingerprint density at radius 1 is 1.25 bits per heavy atom. The van der Waals surface area contributed by atoms with Gasteiger partial charge in [0.25, 0.3) is 0 Å². The monoisotopic (exact) mass is 281 g/mol. The van der Waals surface area contributed by atoms with Crippen LogP contribution in [0.2, 0.25) is 0 Å². The smallest absolute Gasteiger partial charge is 0.0570 e. The second kappa shape index (κ2) is 3.80. The zero-order valence-corrected chi connectivity index (χ0v) is 9.40. The molecule has 2 bridgehead atoms. The lowest BCUT2D eigenvalue weighted by Gasteiger charge is -2.36. The van der Waals surface area contributed by atoms with Gasteiger partial charge in [0.2, 0.25) is 0 Å². The van der Waals surface area contributed by atoms with Gasteiger partial charge < -0.3 is 5.11 Å². The molecule has 0 aromatic rings. The minimum Gasteiger partial charge on any atom is -0.393 e. The molecule has 2 heterocycles. The van der Waals surface area contributed by atoms with E-state index in [9.17, 15) is 5.11 Å². The highest BCUT2D eigenvalue weighted by molar-refractivity contribution is 14.1. The maximum absolute atomic E-state index is 9.55. The highest BCUT2D eigenvalue weighted by Gasteiger charge is 2.39. The summed E-state index contributed by atoms with van der Waals surface area (Å²) in [6.07, 6.45) is 4.67. The van der Waals surface area contributed by atoms with E-state index < -0.39 is 0 Å². The Morgan fingerprint density at radius 2 is 1.83 bits per heavy atom. The zero-order chi connectivity index (χ0) is 8.55. The van der Waals surface area contributed by atoms with E-state index in [0.29, 0.717) is 12.1 Å². The first-order chi connectivity index (χ1) is 5.81. The number of hydrogen-bond donors (Lipinski definition) is 1. The van der Waals surface area contributed by atoms with Crippen LogP contribution in [0.3, 0.4) is 0 Å². The average molecular weight is 281 g/mol. The van der Waals surface area contributed by atoms with E-state index >= 15 is 0 Å². The number of nitrogens with zero attached hydrogens (tertiary/aromatic N) is 1. The molecule has 1 N–H and O–H groups in total. The van der Waals surface area contributed by atoms with Gasteiger partial charge in [0, 0.05) is 23.1 Å². The van der Waals surface area contributed by atoms with Crippen molar-refractivity contribution >= 4 is 22.6 Å². The van der Waals surface area contributed by atoms with Gasteiger partial charge in [-0.1, -0.05) is 22.6 Å². The Hall–Kier alpha value is 0.650. The number of hydrogen-bond acceptors (Lipinski definition) is 2. The van der Waals surface area contributed by atoms with Crippen molar-refractivity contribution in [3.8, 4) is 0 Å². The van der Waals surface area contributed by atoms with Crippen molar-refractivity contribution < 1.29 is 5.11 Å². The van der Waals surface area contributed by atoms with Crippen molar-refractivity contribution in [3.63, 3.8) is 0 Å². The van der Waals surface area contributed by atoms with E-state index in [1.54, 1.807) is 0 Å². The highest BCUT2D eigenvalue weighted by Crippen LogP contribution is 2.35. The minimum atomic E-state index is -0.00652. The molecule has 2 unspecified atom stereocenters. The van der Waals surface area contributed by atoms with Crippen molar-refractivity contribution in [2.45, 2.75) is 43.9 Å². The molecule has 2 nitrogen and oxygen atoms in total. The number of aliphatic hydroxyl groups is 1. The molecular formula is C9H16INO. The molecule has 2 atom stereocenters. The lowest BCUT2D eigenvalue weighted by molar-refractivity contribution is 0.0396. The molecule has 2 aliphatic heterocycles. The second-order valence-corrected chi connectivity index (χ2v) is 5.02. The number of piperidine rings is 1. The van der Waals surface area contributed by atoms with Crippen LogP contribution < -0.4 is 0 Å². The number of rotatable bonds is 2. The van der Waals surface area contributed by atoms with E-state index in [2.05, 4.69) is 27.5 Å². The standard InChI is InChI=1S/C9H16INO/c10-3-4-11-7-1-2-8(11)6-9(12)5-7/h7-9,12H,1-6H2. The summed E-state index contributed by atoms with van der Waals surface area (Å²) in [7, 11) is 0. The molecule has 2 rings (SSSR count). The van der Waals surface area contributed by atoms with Gasteiger partial charge in [-0.15, -0.1) is 0 Å². The topological polar surface area (TPSA) is 23.5 Å². The van der Waals surface area contributed by atoms with Gasteiger partial charge in [0.05, 0.1) is 6.10 Å². The third kappa shape index (κ3) is 1.63. The fraction of sp³-hybridized carbons (Fsp3) is 1.00. The van der Waals surface area contributed by atoms with Crippen LogP contribution in [-0.4, -0.2) is 39.2 Å². The summed E-state index contributed by atoms with van der Waals surface area (Å²) in [5.41, 5.74) is 0. The van der Waals surface area contributed by atoms with Gasteiger partial charge in [-0.2, -0.15) is 0 Å². The summed E-state index contributed by atoms with van der Waals surface area (Å²) in [4.78, 5) is 2.61. The van der Waals surface area contributed by atoms with E-state index in [0.717, 1.165) is 12.8 Å². The third-order valence-electron chi connectivity index (χ3n) is 3.20. The summed E-state index contributed by atoms with van der Waals surface area (Å²) in [6.45, 7) is 1.22. The number of aliphatic hydroxyl groups excluding tert-OH is 1. The predicted octanol–water partition coefficient (Wildman–Crippen LogP) is 1.41. The molecule has 0 aromatic heterocycles. The second-order valence-electron chi connectivity index (χ2n) is 3.94. The first-order valence-corrected chi connectivity index (χ1v) is 6.33. The van der Waals surface area contributed by atoms with Crippen LogP contribution in [0.1, 0.15) is 25.7 Å². The average Bonchev–Trinajstić information content (AvgIpc) is 2.32. The normalized spacial score (nSPS) is 42.0. The lowest BCUT2D eigenvalue weighted by Crippen LogP contribution is -2.45. The fourth-order valence-corrected chi connectivity index (χ4v) is 3.27. The van der Waals surface area contributed by atoms with Crippen LogP contribution in [0.5, 0.6) is 0 Å². The quantitative estimate of drug-likeness (QED) is 0.611. The Bertz CT molecular complexity index is 151. The highest BCUT2D eigenvalue weighted by atomic mass is 127. The van der Waals surface area contributed by atoms with E-state index in [1.165, 1.54) is 23.8 Å². The van der Waals surface area contributed by atoms with Crippen LogP contribution in [0.4, 0.5) is 0 Å². The van der Waals surface area contributed by atoms with Gasteiger partial charge in [0.1, 0.15) is 0 Å². The molecule has 0 spiro atoms. The summed E-state index contributed by atoms with van der Waals surface area (Å²) < 4.78 is 1.22. The predicted molar refractivity (Wildman–Crippen MR) is 57.6 cm³/mol. The Morgan fingerprint density at radius 3 is 2.33 bits per heavy atom. The zero-order valence-electron chi connectivity index (χ0n) is 7.25. The SMILES string of the molecule is OC1CC2CCC(C1)N2CCI. The van der Waals surface area contributed by atoms with Crippen LogP contribution in [-0.2, 0) is 0 Å². The Labute approximate surface area is 87.5 Å². The van der Waals surface area contributed by atoms with Gasteiger partial charge >= 0.3 is 0 Å². The van der Waals surface area contributed by atoms with Gasteiger partial charge in [0.15, 0.2) is 0 Å².